The highest BCUT2D eigenvalue weighted by Gasteiger charge is 2.17. The summed E-state index contributed by atoms with van der Waals surface area (Å²) >= 11 is 0. The molecule has 0 heterocycles. The van der Waals surface area contributed by atoms with Gasteiger partial charge in [-0.2, -0.15) is 10.5 Å². The normalized spacial score (nSPS) is 11.1. The fraction of sp³-hybridized carbons (Fsp3) is 0.250. The quantitative estimate of drug-likeness (QED) is 0.747. The molecule has 0 amide bonds. The Morgan fingerprint density at radius 1 is 1.33 bits per heavy atom. The third-order valence-electron chi connectivity index (χ3n) is 2.17. The van der Waals surface area contributed by atoms with Crippen LogP contribution in [0.3, 0.4) is 0 Å². The molecule has 0 aliphatic heterocycles. The lowest BCUT2D eigenvalue weighted by Gasteiger charge is -2.06. The van der Waals surface area contributed by atoms with Crippen LogP contribution in [-0.2, 0) is 4.79 Å². The molecule has 0 saturated heterocycles. The van der Waals surface area contributed by atoms with Gasteiger partial charge in [0.1, 0.15) is 5.92 Å². The van der Waals surface area contributed by atoms with Gasteiger partial charge in [0.2, 0.25) is 0 Å². The minimum atomic E-state index is -0.706. The van der Waals surface area contributed by atoms with E-state index >= 15 is 0 Å². The highest BCUT2D eigenvalue weighted by Crippen LogP contribution is 2.17. The van der Waals surface area contributed by atoms with E-state index in [9.17, 15) is 4.79 Å². The molecule has 0 N–H and O–H groups in total. The number of carbonyl (C=O) groups excluding carboxylic acids is 1. The van der Waals surface area contributed by atoms with Crippen molar-refractivity contribution in [3.05, 3.63) is 35.4 Å². The summed E-state index contributed by atoms with van der Waals surface area (Å²) in [5, 5.41) is 17.5. The first-order valence-corrected chi connectivity index (χ1v) is 4.65. The number of ketones is 1. The number of hydrogen-bond donors (Lipinski definition) is 0. The highest BCUT2D eigenvalue weighted by molar-refractivity contribution is 5.88. The molecule has 74 valence electrons. The summed E-state index contributed by atoms with van der Waals surface area (Å²) in [6.07, 6.45) is 0.345. The van der Waals surface area contributed by atoms with Gasteiger partial charge in [-0.3, -0.25) is 4.79 Å². The number of nitriles is 2. The van der Waals surface area contributed by atoms with E-state index in [1.54, 1.807) is 31.2 Å². The molecule has 0 spiro atoms. The maximum atomic E-state index is 11.4. The summed E-state index contributed by atoms with van der Waals surface area (Å²) in [6, 6.07) is 10.5. The van der Waals surface area contributed by atoms with Gasteiger partial charge in [-0.15, -0.1) is 0 Å². The van der Waals surface area contributed by atoms with E-state index in [0.717, 1.165) is 0 Å². The Kier molecular flexibility index (Phi) is 3.60. The summed E-state index contributed by atoms with van der Waals surface area (Å²) in [5.74, 6) is -0.801. The van der Waals surface area contributed by atoms with Crippen LogP contribution in [0.5, 0.6) is 0 Å². The molecular formula is C12H10N2O. The van der Waals surface area contributed by atoms with Gasteiger partial charge in [-0.25, -0.2) is 0 Å². The van der Waals surface area contributed by atoms with Crippen molar-refractivity contribution < 1.29 is 4.79 Å². The van der Waals surface area contributed by atoms with E-state index in [1.807, 2.05) is 12.1 Å². The monoisotopic (exact) mass is 198 g/mol. The van der Waals surface area contributed by atoms with Crippen LogP contribution < -0.4 is 0 Å². The molecule has 3 nitrogen and oxygen atoms in total. The van der Waals surface area contributed by atoms with Crippen molar-refractivity contribution in [2.75, 3.05) is 0 Å². The van der Waals surface area contributed by atoms with Crippen molar-refractivity contribution >= 4 is 5.78 Å². The second-order valence-corrected chi connectivity index (χ2v) is 3.12. The summed E-state index contributed by atoms with van der Waals surface area (Å²) in [7, 11) is 0. The highest BCUT2D eigenvalue weighted by atomic mass is 16.1. The molecule has 1 atom stereocenters. The number of carbonyl (C=O) groups is 1. The van der Waals surface area contributed by atoms with E-state index in [1.165, 1.54) is 0 Å². The summed E-state index contributed by atoms with van der Waals surface area (Å²) in [4.78, 5) is 11.4. The zero-order valence-electron chi connectivity index (χ0n) is 8.40. The third kappa shape index (κ3) is 2.42. The van der Waals surface area contributed by atoms with Crippen molar-refractivity contribution in [2.24, 2.45) is 0 Å². The van der Waals surface area contributed by atoms with Crippen LogP contribution in [0.4, 0.5) is 0 Å². The second kappa shape index (κ2) is 4.93. The van der Waals surface area contributed by atoms with E-state index in [2.05, 4.69) is 0 Å². The van der Waals surface area contributed by atoms with Crippen LogP contribution in [0.2, 0.25) is 0 Å². The molecule has 0 saturated carbocycles. The van der Waals surface area contributed by atoms with Crippen LogP contribution in [-0.4, -0.2) is 5.78 Å². The standard InChI is InChI=1S/C12H10N2O/c1-2-12(15)11(8-14)10-5-3-9(7-13)4-6-10/h3-6,11H,2H2,1H3. The first-order valence-electron chi connectivity index (χ1n) is 4.65. The van der Waals surface area contributed by atoms with Gasteiger partial charge in [0.15, 0.2) is 5.78 Å². The first-order chi connectivity index (χ1) is 7.22. The van der Waals surface area contributed by atoms with E-state index in [0.29, 0.717) is 17.5 Å². The van der Waals surface area contributed by atoms with Gasteiger partial charge in [-0.05, 0) is 17.7 Å². The number of nitrogens with zero attached hydrogens (tertiary/aromatic N) is 2. The molecule has 0 fully saturated rings. The zero-order valence-corrected chi connectivity index (χ0v) is 8.40. The minimum Gasteiger partial charge on any atom is -0.298 e. The molecule has 3 heteroatoms. The predicted octanol–water partition coefficient (Wildman–Crippen LogP) is 2.14. The molecule has 1 aromatic carbocycles. The molecule has 1 rings (SSSR count). The summed E-state index contributed by atoms with van der Waals surface area (Å²) in [6.45, 7) is 1.73. The van der Waals surface area contributed by atoms with Crippen molar-refractivity contribution in [1.29, 1.82) is 10.5 Å². The van der Waals surface area contributed by atoms with E-state index in [4.69, 9.17) is 10.5 Å². The Bertz CT molecular complexity index is 434. The minimum absolute atomic E-state index is 0.0952. The van der Waals surface area contributed by atoms with Crippen LogP contribution in [0, 0.1) is 22.7 Å². The van der Waals surface area contributed by atoms with Crippen molar-refractivity contribution in [3.8, 4) is 12.1 Å². The number of Topliss-reactive ketones (excluding diaryl/α,β-unsaturated/α-hetero) is 1. The van der Waals surface area contributed by atoms with Gasteiger partial charge in [-0.1, -0.05) is 19.1 Å². The fourth-order valence-corrected chi connectivity index (χ4v) is 1.29. The van der Waals surface area contributed by atoms with E-state index in [-0.39, 0.29) is 5.78 Å². The molecule has 0 aliphatic rings. The van der Waals surface area contributed by atoms with Gasteiger partial charge in [0.05, 0.1) is 17.7 Å². The van der Waals surface area contributed by atoms with Gasteiger partial charge in [0.25, 0.3) is 0 Å². The Hall–Kier alpha value is -2.13. The summed E-state index contributed by atoms with van der Waals surface area (Å²) in [5.41, 5.74) is 1.18. The molecular weight excluding hydrogens is 188 g/mol. The predicted molar refractivity (Wildman–Crippen MR) is 54.8 cm³/mol. The molecule has 1 unspecified atom stereocenters. The number of rotatable bonds is 3. The molecule has 0 aromatic heterocycles. The lowest BCUT2D eigenvalue weighted by molar-refractivity contribution is -0.119. The molecule has 0 aliphatic carbocycles. The topological polar surface area (TPSA) is 64.7 Å². The smallest absolute Gasteiger partial charge is 0.154 e. The lowest BCUT2D eigenvalue weighted by Crippen LogP contribution is -2.09. The molecule has 1 aromatic rings. The first kappa shape index (κ1) is 10.9. The van der Waals surface area contributed by atoms with Crippen LogP contribution in [0.25, 0.3) is 0 Å². The number of benzene rings is 1. The van der Waals surface area contributed by atoms with Gasteiger partial charge in [0, 0.05) is 6.42 Å². The molecule has 15 heavy (non-hydrogen) atoms. The maximum absolute atomic E-state index is 11.4. The SMILES string of the molecule is CCC(=O)C(C#N)c1ccc(C#N)cc1. The molecule has 0 bridgehead atoms. The average Bonchev–Trinajstić information content (AvgIpc) is 2.30. The second-order valence-electron chi connectivity index (χ2n) is 3.12. The average molecular weight is 198 g/mol. The molecule has 0 radical (unpaired) electrons. The Morgan fingerprint density at radius 3 is 2.33 bits per heavy atom. The maximum Gasteiger partial charge on any atom is 0.154 e. The zero-order chi connectivity index (χ0) is 11.3. The van der Waals surface area contributed by atoms with Gasteiger partial charge >= 0.3 is 0 Å². The third-order valence-corrected chi connectivity index (χ3v) is 2.17. The summed E-state index contributed by atoms with van der Waals surface area (Å²) < 4.78 is 0. The van der Waals surface area contributed by atoms with Crippen molar-refractivity contribution in [2.45, 2.75) is 19.3 Å². The Labute approximate surface area is 88.6 Å². The number of hydrogen-bond acceptors (Lipinski definition) is 3. The van der Waals surface area contributed by atoms with Crippen LogP contribution in [0.15, 0.2) is 24.3 Å². The Morgan fingerprint density at radius 2 is 1.93 bits per heavy atom. The Balaban J connectivity index is 3.00. The van der Waals surface area contributed by atoms with Crippen LogP contribution in [0.1, 0.15) is 30.4 Å². The lowest BCUT2D eigenvalue weighted by atomic mass is 9.94. The largest absolute Gasteiger partial charge is 0.298 e. The fourth-order valence-electron chi connectivity index (χ4n) is 1.29. The van der Waals surface area contributed by atoms with Crippen molar-refractivity contribution in [1.82, 2.24) is 0 Å². The van der Waals surface area contributed by atoms with Crippen molar-refractivity contribution in [3.63, 3.8) is 0 Å². The van der Waals surface area contributed by atoms with Crippen LogP contribution >= 0.6 is 0 Å². The van der Waals surface area contributed by atoms with Gasteiger partial charge < -0.3 is 0 Å². The van der Waals surface area contributed by atoms with E-state index < -0.39 is 5.92 Å².